The zero-order valence-corrected chi connectivity index (χ0v) is 13.4. The minimum absolute atomic E-state index is 0.0199. The molecule has 22 heavy (non-hydrogen) atoms. The van der Waals surface area contributed by atoms with Crippen LogP contribution in [0.4, 0.5) is 0 Å². The van der Waals surface area contributed by atoms with Gasteiger partial charge in [-0.25, -0.2) is 4.68 Å². The second kappa shape index (κ2) is 7.33. The van der Waals surface area contributed by atoms with Gasteiger partial charge in [0.25, 0.3) is 0 Å². The van der Waals surface area contributed by atoms with Crippen LogP contribution in [-0.4, -0.2) is 38.6 Å². The number of aromatic nitrogens is 4. The van der Waals surface area contributed by atoms with Crippen LogP contribution in [0.2, 0.25) is 0 Å². The molecule has 0 radical (unpaired) electrons. The number of nitrogens with one attached hydrogen (secondary N) is 2. The number of hydrogen-bond acceptors (Lipinski definition) is 5. The third-order valence-corrected chi connectivity index (χ3v) is 3.44. The Morgan fingerprint density at radius 3 is 2.64 bits per heavy atom. The summed E-state index contributed by atoms with van der Waals surface area (Å²) in [4.78, 5) is 23.4. The first kappa shape index (κ1) is 16.4. The maximum atomic E-state index is 11.9. The molecule has 122 valence electrons. The molecule has 1 heterocycles. The average molecular weight is 308 g/mol. The van der Waals surface area contributed by atoms with Crippen molar-refractivity contribution in [3.8, 4) is 0 Å². The van der Waals surface area contributed by atoms with Crippen LogP contribution in [0.25, 0.3) is 0 Å². The Bertz CT molecular complexity index is 523. The fraction of sp³-hybridized carbons (Fsp3) is 0.786. The van der Waals surface area contributed by atoms with Crippen LogP contribution < -0.4 is 10.6 Å². The molecule has 1 aromatic heterocycles. The van der Waals surface area contributed by atoms with Crippen molar-refractivity contribution in [2.45, 2.75) is 58.5 Å². The van der Waals surface area contributed by atoms with Crippen LogP contribution in [0, 0.1) is 5.92 Å². The Morgan fingerprint density at radius 2 is 2.00 bits per heavy atom. The third-order valence-electron chi connectivity index (χ3n) is 3.44. The van der Waals surface area contributed by atoms with Gasteiger partial charge >= 0.3 is 0 Å². The summed E-state index contributed by atoms with van der Waals surface area (Å²) >= 11 is 0. The molecule has 1 atom stereocenters. The van der Waals surface area contributed by atoms with Gasteiger partial charge in [-0.1, -0.05) is 13.8 Å². The summed E-state index contributed by atoms with van der Waals surface area (Å²) in [5.41, 5.74) is 0. The van der Waals surface area contributed by atoms with Gasteiger partial charge in [-0.05, 0) is 36.1 Å². The highest BCUT2D eigenvalue weighted by molar-refractivity contribution is 5.79. The van der Waals surface area contributed by atoms with E-state index in [4.69, 9.17) is 0 Å². The normalized spacial score (nSPS) is 15.6. The van der Waals surface area contributed by atoms with Crippen molar-refractivity contribution in [1.82, 2.24) is 30.8 Å². The predicted octanol–water partition coefficient (Wildman–Crippen LogP) is 0.738. The molecule has 0 aliphatic heterocycles. The van der Waals surface area contributed by atoms with E-state index in [0.717, 1.165) is 12.8 Å². The van der Waals surface area contributed by atoms with Crippen molar-refractivity contribution in [2.24, 2.45) is 5.92 Å². The lowest BCUT2D eigenvalue weighted by Crippen LogP contribution is -2.33. The van der Waals surface area contributed by atoms with Gasteiger partial charge in [-0.2, -0.15) is 0 Å². The van der Waals surface area contributed by atoms with Gasteiger partial charge in [-0.15, -0.1) is 5.10 Å². The van der Waals surface area contributed by atoms with E-state index in [-0.39, 0.29) is 24.3 Å². The molecule has 2 amide bonds. The van der Waals surface area contributed by atoms with Crippen molar-refractivity contribution in [3.63, 3.8) is 0 Å². The first-order valence-electron chi connectivity index (χ1n) is 7.81. The van der Waals surface area contributed by atoms with Gasteiger partial charge in [-0.3, -0.25) is 9.59 Å². The van der Waals surface area contributed by atoms with Crippen LogP contribution >= 0.6 is 0 Å². The number of rotatable bonds is 8. The highest BCUT2D eigenvalue weighted by Crippen LogP contribution is 2.35. The van der Waals surface area contributed by atoms with Crippen molar-refractivity contribution < 1.29 is 9.59 Å². The molecule has 8 nitrogen and oxygen atoms in total. The fourth-order valence-electron chi connectivity index (χ4n) is 2.20. The Morgan fingerprint density at radius 1 is 1.27 bits per heavy atom. The first-order valence-corrected chi connectivity index (χ1v) is 7.81. The molecular weight excluding hydrogens is 284 g/mol. The molecule has 2 N–H and O–H groups in total. The van der Waals surface area contributed by atoms with Gasteiger partial charge < -0.3 is 10.6 Å². The predicted molar refractivity (Wildman–Crippen MR) is 79.7 cm³/mol. The second-order valence-electron chi connectivity index (χ2n) is 6.20. The van der Waals surface area contributed by atoms with Crippen LogP contribution in [0.5, 0.6) is 0 Å². The van der Waals surface area contributed by atoms with Gasteiger partial charge in [0.1, 0.15) is 0 Å². The Balaban J connectivity index is 1.72. The smallest absolute Gasteiger partial charge is 0.222 e. The van der Waals surface area contributed by atoms with Gasteiger partial charge in [0.2, 0.25) is 11.8 Å². The molecule has 0 spiro atoms. The Labute approximate surface area is 130 Å². The first-order chi connectivity index (χ1) is 10.5. The summed E-state index contributed by atoms with van der Waals surface area (Å²) in [6.07, 6.45) is 2.90. The van der Waals surface area contributed by atoms with Gasteiger partial charge in [0.05, 0.1) is 12.1 Å². The largest absolute Gasteiger partial charge is 0.356 e. The Kier molecular flexibility index (Phi) is 5.46. The standard InChI is InChI=1S/C14H24N6O2/c1-9(2)8-13(22)15-7-6-12(21)16-10(3)14-17-18-19-20(14)11-4-5-11/h9-11H,4-8H2,1-3H3,(H,15,22)(H,16,21)/t10-/m0/s1. The molecule has 0 saturated heterocycles. The lowest BCUT2D eigenvalue weighted by atomic mass is 10.1. The van der Waals surface area contributed by atoms with Gasteiger partial charge in [0, 0.05) is 19.4 Å². The quantitative estimate of drug-likeness (QED) is 0.737. The number of amides is 2. The minimum atomic E-state index is -0.241. The van der Waals surface area contributed by atoms with Crippen LogP contribution in [-0.2, 0) is 9.59 Å². The summed E-state index contributed by atoms with van der Waals surface area (Å²) in [5.74, 6) is 0.853. The van der Waals surface area contributed by atoms with Crippen LogP contribution in [0.15, 0.2) is 0 Å². The molecule has 0 bridgehead atoms. The molecule has 1 saturated carbocycles. The molecule has 1 aliphatic rings. The minimum Gasteiger partial charge on any atom is -0.356 e. The molecule has 0 unspecified atom stereocenters. The van der Waals surface area contributed by atoms with Crippen molar-refractivity contribution in [2.75, 3.05) is 6.54 Å². The average Bonchev–Trinajstić information content (AvgIpc) is 3.14. The van der Waals surface area contributed by atoms with Crippen LogP contribution in [0.3, 0.4) is 0 Å². The second-order valence-corrected chi connectivity index (χ2v) is 6.20. The van der Waals surface area contributed by atoms with E-state index in [1.54, 1.807) is 4.68 Å². The number of hydrogen-bond donors (Lipinski definition) is 2. The molecule has 1 aliphatic carbocycles. The van der Waals surface area contributed by atoms with Crippen molar-refractivity contribution in [1.29, 1.82) is 0 Å². The zero-order chi connectivity index (χ0) is 16.1. The van der Waals surface area contributed by atoms with E-state index < -0.39 is 0 Å². The van der Waals surface area contributed by atoms with Crippen molar-refractivity contribution in [3.05, 3.63) is 5.82 Å². The lowest BCUT2D eigenvalue weighted by Gasteiger charge is -2.13. The molecule has 8 heteroatoms. The summed E-state index contributed by atoms with van der Waals surface area (Å²) in [5, 5.41) is 17.2. The number of nitrogens with zero attached hydrogens (tertiary/aromatic N) is 4. The SMILES string of the molecule is CC(C)CC(=O)NCCC(=O)N[C@@H](C)c1nnnn1C1CC1. The maximum absolute atomic E-state index is 11.9. The van der Waals surface area contributed by atoms with Crippen molar-refractivity contribution >= 4 is 11.8 Å². The Hall–Kier alpha value is -1.99. The molecule has 0 aromatic carbocycles. The van der Waals surface area contributed by atoms with E-state index in [1.807, 2.05) is 20.8 Å². The zero-order valence-electron chi connectivity index (χ0n) is 13.4. The lowest BCUT2D eigenvalue weighted by molar-refractivity contribution is -0.123. The topological polar surface area (TPSA) is 102 Å². The van der Waals surface area contributed by atoms with E-state index in [0.29, 0.717) is 30.7 Å². The molecular formula is C14H24N6O2. The molecule has 2 rings (SSSR count). The number of tetrazole rings is 1. The van der Waals surface area contributed by atoms with E-state index in [1.165, 1.54) is 0 Å². The highest BCUT2D eigenvalue weighted by Gasteiger charge is 2.29. The summed E-state index contributed by atoms with van der Waals surface area (Å²) < 4.78 is 1.79. The van der Waals surface area contributed by atoms with E-state index >= 15 is 0 Å². The maximum Gasteiger partial charge on any atom is 0.222 e. The third kappa shape index (κ3) is 4.78. The summed E-state index contributed by atoms with van der Waals surface area (Å²) in [7, 11) is 0. The number of carbonyl (C=O) groups is 2. The van der Waals surface area contributed by atoms with E-state index in [2.05, 4.69) is 26.2 Å². The highest BCUT2D eigenvalue weighted by atomic mass is 16.2. The van der Waals surface area contributed by atoms with Crippen LogP contribution in [0.1, 0.15) is 64.4 Å². The van der Waals surface area contributed by atoms with Gasteiger partial charge in [0.15, 0.2) is 5.82 Å². The number of carbonyl (C=O) groups excluding carboxylic acids is 2. The molecule has 1 aromatic rings. The molecule has 1 fully saturated rings. The monoisotopic (exact) mass is 308 g/mol. The summed E-state index contributed by atoms with van der Waals surface area (Å²) in [6.45, 7) is 6.17. The fourth-order valence-corrected chi connectivity index (χ4v) is 2.20. The summed E-state index contributed by atoms with van der Waals surface area (Å²) in [6, 6.07) is 0.133. The van der Waals surface area contributed by atoms with E-state index in [9.17, 15) is 9.59 Å².